The van der Waals surface area contributed by atoms with Crippen LogP contribution in [0.5, 0.6) is 0 Å². The summed E-state index contributed by atoms with van der Waals surface area (Å²) in [6.45, 7) is 18.7. The van der Waals surface area contributed by atoms with Gasteiger partial charge in [0, 0.05) is 32.7 Å². The molecule has 1 saturated heterocycles. The molecule has 3 unspecified atom stereocenters. The highest BCUT2D eigenvalue weighted by Gasteiger charge is 2.52. The van der Waals surface area contributed by atoms with Crippen molar-refractivity contribution < 1.29 is 39.2 Å². The Kier molecular flexibility index (Phi) is 11.5. The van der Waals surface area contributed by atoms with E-state index in [1.54, 1.807) is 11.8 Å². The Labute approximate surface area is 232 Å². The lowest BCUT2D eigenvalue weighted by Gasteiger charge is -2.55. The van der Waals surface area contributed by atoms with Crippen molar-refractivity contribution in [3.05, 3.63) is 0 Å². The van der Waals surface area contributed by atoms with E-state index < -0.39 is 58.6 Å². The van der Waals surface area contributed by atoms with Crippen LogP contribution in [0.4, 0.5) is 14.4 Å². The van der Waals surface area contributed by atoms with E-state index in [0.717, 1.165) is 0 Å². The average molecular weight is 559 g/mol. The molecule has 1 fully saturated rings. The molecule has 1 heterocycles. The Balaban J connectivity index is 3.96. The molecule has 0 radical (unpaired) electrons. The molecule has 226 valence electrons. The first-order valence-electron chi connectivity index (χ1n) is 13.5. The Morgan fingerprint density at radius 2 is 1.23 bits per heavy atom. The van der Waals surface area contributed by atoms with E-state index in [0.29, 0.717) is 0 Å². The summed E-state index contributed by atoms with van der Waals surface area (Å²) in [5.74, 6) is -0.488. The average Bonchev–Trinajstić information content (AvgIpc) is 2.71. The first kappa shape index (κ1) is 34.3. The lowest BCUT2D eigenvalue weighted by Crippen LogP contribution is -2.69. The van der Waals surface area contributed by atoms with Gasteiger partial charge in [-0.05, 0) is 23.2 Å². The van der Waals surface area contributed by atoms with Crippen molar-refractivity contribution in [2.24, 2.45) is 16.2 Å². The summed E-state index contributed by atoms with van der Waals surface area (Å²) < 4.78 is 5.09. The van der Waals surface area contributed by atoms with Gasteiger partial charge in [-0.15, -0.1) is 0 Å². The quantitative estimate of drug-likeness (QED) is 0.436. The molecule has 0 saturated carbocycles. The summed E-state index contributed by atoms with van der Waals surface area (Å²) >= 11 is 0. The normalized spacial score (nSPS) is 23.0. The van der Waals surface area contributed by atoms with Gasteiger partial charge in [-0.25, -0.2) is 14.4 Å². The Morgan fingerprint density at radius 3 is 1.62 bits per heavy atom. The largest absolute Gasteiger partial charge is 0.465 e. The molecular formula is C27H50N4O8. The predicted molar refractivity (Wildman–Crippen MR) is 147 cm³/mol. The van der Waals surface area contributed by atoms with Crippen LogP contribution in [0.3, 0.4) is 0 Å². The summed E-state index contributed by atoms with van der Waals surface area (Å²) in [4.78, 5) is 56.0. The maximum atomic E-state index is 13.1. The topological polar surface area (TPSA) is 151 Å². The summed E-state index contributed by atoms with van der Waals surface area (Å²) in [5.41, 5.74) is -2.12. The van der Waals surface area contributed by atoms with Crippen LogP contribution in [0, 0.1) is 16.2 Å². The number of nitrogens with zero attached hydrogens (tertiary/aromatic N) is 4. The number of carbonyl (C=O) groups excluding carboxylic acids is 1. The molecule has 0 aliphatic carbocycles. The number of carboxylic acid groups (broad SMARTS) is 3. The van der Waals surface area contributed by atoms with Gasteiger partial charge in [-0.3, -0.25) is 14.6 Å². The smallest absolute Gasteiger partial charge is 0.407 e. The minimum Gasteiger partial charge on any atom is -0.465 e. The molecule has 0 aromatic rings. The molecule has 0 aromatic carbocycles. The standard InChI is InChI=1S/C27H50N4O8/c1-11-39-19(32)17-28-12-14-29(22(33)34)16-18(25(2,3)4)31(24(37)38)21(27(8,9)10)20(26(5,6)7)30(15-13-28)23(35)36/h18,20-21H,11-17H2,1-10H3,(H,33,34)(H,35,36)(H,37,38). The van der Waals surface area contributed by atoms with Gasteiger partial charge in [-0.2, -0.15) is 0 Å². The van der Waals surface area contributed by atoms with Crippen molar-refractivity contribution in [1.82, 2.24) is 19.6 Å². The van der Waals surface area contributed by atoms with Gasteiger partial charge in [0.1, 0.15) is 0 Å². The number of rotatable bonds is 3. The van der Waals surface area contributed by atoms with Gasteiger partial charge >= 0.3 is 24.2 Å². The molecule has 3 amide bonds. The van der Waals surface area contributed by atoms with Gasteiger partial charge in [-0.1, -0.05) is 62.3 Å². The minimum absolute atomic E-state index is 0.00470. The predicted octanol–water partition coefficient (Wildman–Crippen LogP) is 4.05. The second-order valence-corrected chi connectivity index (χ2v) is 13.5. The summed E-state index contributed by atoms with van der Waals surface area (Å²) in [7, 11) is 0. The fourth-order valence-electron chi connectivity index (χ4n) is 5.38. The number of hydrogen-bond acceptors (Lipinski definition) is 6. The SMILES string of the molecule is CCOC(=O)CN1CCN(C(=O)O)CC(C(C)(C)C)N(C(=O)O)C(C(C)(C)C)C(C(C)(C)C)N(C(=O)O)CC1. The molecule has 39 heavy (non-hydrogen) atoms. The lowest BCUT2D eigenvalue weighted by atomic mass is 9.69. The van der Waals surface area contributed by atoms with E-state index in [4.69, 9.17) is 4.74 Å². The van der Waals surface area contributed by atoms with Crippen LogP contribution in [0.15, 0.2) is 0 Å². The number of amides is 3. The first-order chi connectivity index (χ1) is 17.6. The molecule has 0 spiro atoms. The fourth-order valence-corrected chi connectivity index (χ4v) is 5.38. The van der Waals surface area contributed by atoms with Crippen molar-refractivity contribution in [2.75, 3.05) is 45.9 Å². The van der Waals surface area contributed by atoms with E-state index >= 15 is 0 Å². The van der Waals surface area contributed by atoms with Crippen molar-refractivity contribution in [1.29, 1.82) is 0 Å². The van der Waals surface area contributed by atoms with Crippen LogP contribution in [0.1, 0.15) is 69.2 Å². The molecule has 3 N–H and O–H groups in total. The van der Waals surface area contributed by atoms with Crippen molar-refractivity contribution >= 4 is 24.2 Å². The molecule has 12 nitrogen and oxygen atoms in total. The fraction of sp³-hybridized carbons (Fsp3) is 0.852. The Bertz CT molecular complexity index is 874. The molecule has 1 aliphatic heterocycles. The molecular weight excluding hydrogens is 508 g/mol. The third kappa shape index (κ3) is 9.44. The highest BCUT2D eigenvalue weighted by molar-refractivity contribution is 5.72. The van der Waals surface area contributed by atoms with Crippen molar-refractivity contribution in [3.8, 4) is 0 Å². The molecule has 0 bridgehead atoms. The molecule has 0 aromatic heterocycles. The molecule has 12 heteroatoms. The Hall–Kier alpha value is -2.76. The Morgan fingerprint density at radius 1 is 0.718 bits per heavy atom. The summed E-state index contributed by atoms with van der Waals surface area (Å²) in [5, 5.41) is 31.2. The number of ether oxygens (including phenoxy) is 1. The van der Waals surface area contributed by atoms with E-state index in [-0.39, 0.29) is 45.9 Å². The first-order valence-corrected chi connectivity index (χ1v) is 13.5. The van der Waals surface area contributed by atoms with Gasteiger partial charge in [0.15, 0.2) is 0 Å². The van der Waals surface area contributed by atoms with Gasteiger partial charge in [0.25, 0.3) is 0 Å². The highest BCUT2D eigenvalue weighted by atomic mass is 16.5. The second-order valence-electron chi connectivity index (χ2n) is 13.5. The number of esters is 1. The van der Waals surface area contributed by atoms with E-state index in [1.165, 1.54) is 14.7 Å². The third-order valence-corrected chi connectivity index (χ3v) is 7.18. The summed E-state index contributed by atoms with van der Waals surface area (Å²) in [6.07, 6.45) is -3.63. The summed E-state index contributed by atoms with van der Waals surface area (Å²) in [6, 6.07) is -2.42. The van der Waals surface area contributed by atoms with Crippen LogP contribution >= 0.6 is 0 Å². The van der Waals surface area contributed by atoms with Crippen LogP contribution in [-0.2, 0) is 9.53 Å². The molecule has 3 atom stereocenters. The molecule has 1 rings (SSSR count). The number of carbonyl (C=O) groups is 4. The van der Waals surface area contributed by atoms with E-state index in [2.05, 4.69) is 0 Å². The highest BCUT2D eigenvalue weighted by Crippen LogP contribution is 2.41. The zero-order valence-electron chi connectivity index (χ0n) is 25.4. The van der Waals surface area contributed by atoms with Gasteiger partial charge in [0.2, 0.25) is 0 Å². The van der Waals surface area contributed by atoms with Crippen molar-refractivity contribution in [2.45, 2.75) is 87.4 Å². The minimum atomic E-state index is -1.24. The van der Waals surface area contributed by atoms with Crippen molar-refractivity contribution in [3.63, 3.8) is 0 Å². The zero-order valence-corrected chi connectivity index (χ0v) is 25.4. The zero-order chi connectivity index (χ0) is 30.5. The van der Waals surface area contributed by atoms with E-state index in [9.17, 15) is 34.5 Å². The third-order valence-electron chi connectivity index (χ3n) is 7.18. The van der Waals surface area contributed by atoms with Gasteiger partial charge < -0.3 is 29.9 Å². The number of hydrogen-bond donors (Lipinski definition) is 3. The molecule has 1 aliphatic rings. The monoisotopic (exact) mass is 558 g/mol. The van der Waals surface area contributed by atoms with Crippen LogP contribution in [0.25, 0.3) is 0 Å². The van der Waals surface area contributed by atoms with Gasteiger partial charge in [0.05, 0.1) is 31.3 Å². The second kappa shape index (κ2) is 13.1. The lowest BCUT2D eigenvalue weighted by molar-refractivity contribution is -0.144. The van der Waals surface area contributed by atoms with Crippen LogP contribution in [-0.4, -0.2) is 123 Å². The maximum Gasteiger partial charge on any atom is 0.407 e. The maximum absolute atomic E-state index is 13.1. The van der Waals surface area contributed by atoms with Crippen LogP contribution in [0.2, 0.25) is 0 Å². The van der Waals surface area contributed by atoms with Crippen LogP contribution < -0.4 is 0 Å². The van der Waals surface area contributed by atoms with E-state index in [1.807, 2.05) is 62.3 Å².